The average Bonchev–Trinajstić information content (AvgIpc) is 2.71. The minimum atomic E-state index is -0.419. The van der Waals surface area contributed by atoms with Crippen LogP contribution in [0.3, 0.4) is 0 Å². The molecule has 4 heteroatoms. The minimum Gasteiger partial charge on any atom is -0.366 e. The second-order valence-electron chi connectivity index (χ2n) is 3.52. The predicted molar refractivity (Wildman–Crippen MR) is 52.7 cm³/mol. The maximum atomic E-state index is 10.9. The Hall–Kier alpha value is -1.42. The largest absolute Gasteiger partial charge is 0.366 e. The van der Waals surface area contributed by atoms with E-state index in [1.807, 2.05) is 6.07 Å². The third-order valence-electron chi connectivity index (χ3n) is 2.51. The number of carbonyl (C=O) groups excluding carboxylic acids is 1. The lowest BCUT2D eigenvalue weighted by molar-refractivity contribution is 0.1000. The number of primary amides is 1. The van der Waals surface area contributed by atoms with Crippen LogP contribution in [0.15, 0.2) is 18.5 Å². The Labute approximate surface area is 82.5 Å². The van der Waals surface area contributed by atoms with Crippen molar-refractivity contribution in [3.63, 3.8) is 0 Å². The van der Waals surface area contributed by atoms with E-state index in [0.29, 0.717) is 11.6 Å². The molecule has 0 radical (unpaired) electrons. The van der Waals surface area contributed by atoms with Gasteiger partial charge in [-0.25, -0.2) is 0 Å². The molecule has 14 heavy (non-hydrogen) atoms. The molecule has 1 amide bonds. The van der Waals surface area contributed by atoms with E-state index in [0.717, 1.165) is 18.5 Å². The van der Waals surface area contributed by atoms with Gasteiger partial charge in [-0.05, 0) is 31.0 Å². The molecule has 3 N–H and O–H groups in total. The summed E-state index contributed by atoms with van der Waals surface area (Å²) in [7, 11) is 0. The summed E-state index contributed by atoms with van der Waals surface area (Å²) >= 11 is 0. The average molecular weight is 191 g/mol. The lowest BCUT2D eigenvalue weighted by atomic mass is 10.1. The highest BCUT2D eigenvalue weighted by molar-refractivity contribution is 5.92. The van der Waals surface area contributed by atoms with Crippen molar-refractivity contribution in [3.05, 3.63) is 29.6 Å². The zero-order valence-electron chi connectivity index (χ0n) is 7.86. The van der Waals surface area contributed by atoms with Gasteiger partial charge in [0.1, 0.15) is 0 Å². The van der Waals surface area contributed by atoms with Crippen LogP contribution in [-0.4, -0.2) is 17.4 Å². The number of nitrogens with two attached hydrogens (primary N) is 1. The zero-order chi connectivity index (χ0) is 9.97. The highest BCUT2D eigenvalue weighted by atomic mass is 16.1. The Bertz CT molecular complexity index is 345. The quantitative estimate of drug-likeness (QED) is 0.719. The SMILES string of the molecule is NC(=O)c1cncc(C2CCCN2)c1. The molecule has 1 fully saturated rings. The number of carbonyl (C=O) groups is 1. The Morgan fingerprint density at radius 1 is 1.57 bits per heavy atom. The van der Waals surface area contributed by atoms with E-state index in [2.05, 4.69) is 10.3 Å². The molecule has 0 saturated carbocycles. The van der Waals surface area contributed by atoms with Gasteiger partial charge < -0.3 is 11.1 Å². The number of amides is 1. The Kier molecular flexibility index (Phi) is 2.45. The number of nitrogens with one attached hydrogen (secondary N) is 1. The third kappa shape index (κ3) is 1.75. The molecule has 1 aromatic heterocycles. The molecule has 1 aliphatic heterocycles. The molecule has 0 aliphatic carbocycles. The first-order valence-corrected chi connectivity index (χ1v) is 4.75. The highest BCUT2D eigenvalue weighted by Gasteiger charge is 2.17. The molecule has 1 aliphatic rings. The van der Waals surface area contributed by atoms with Crippen LogP contribution in [0.1, 0.15) is 34.8 Å². The van der Waals surface area contributed by atoms with Gasteiger partial charge in [0.05, 0.1) is 5.56 Å². The van der Waals surface area contributed by atoms with Gasteiger partial charge in [-0.3, -0.25) is 9.78 Å². The van der Waals surface area contributed by atoms with E-state index < -0.39 is 5.91 Å². The number of hydrogen-bond donors (Lipinski definition) is 2. The lowest BCUT2D eigenvalue weighted by Gasteiger charge is -2.10. The van der Waals surface area contributed by atoms with Crippen LogP contribution >= 0.6 is 0 Å². The second-order valence-corrected chi connectivity index (χ2v) is 3.52. The summed E-state index contributed by atoms with van der Waals surface area (Å²) in [5, 5.41) is 3.35. The summed E-state index contributed by atoms with van der Waals surface area (Å²) in [6.45, 7) is 1.03. The van der Waals surface area contributed by atoms with Crippen LogP contribution in [0.4, 0.5) is 0 Å². The lowest BCUT2D eigenvalue weighted by Crippen LogP contribution is -2.16. The van der Waals surface area contributed by atoms with E-state index in [4.69, 9.17) is 5.73 Å². The van der Waals surface area contributed by atoms with Crippen LogP contribution in [0.5, 0.6) is 0 Å². The normalized spacial score (nSPS) is 21.0. The molecule has 2 rings (SSSR count). The number of nitrogens with zero attached hydrogens (tertiary/aromatic N) is 1. The highest BCUT2D eigenvalue weighted by Crippen LogP contribution is 2.22. The van der Waals surface area contributed by atoms with Gasteiger partial charge in [0.25, 0.3) is 0 Å². The first kappa shape index (κ1) is 9.15. The molecule has 1 atom stereocenters. The smallest absolute Gasteiger partial charge is 0.250 e. The first-order chi connectivity index (χ1) is 6.77. The summed E-state index contributed by atoms with van der Waals surface area (Å²) < 4.78 is 0. The van der Waals surface area contributed by atoms with Crippen molar-refractivity contribution in [2.45, 2.75) is 18.9 Å². The standard InChI is InChI=1S/C10H13N3O/c11-10(14)8-4-7(5-12-6-8)9-2-1-3-13-9/h4-6,9,13H,1-3H2,(H2,11,14). The van der Waals surface area contributed by atoms with Gasteiger partial charge >= 0.3 is 0 Å². The fourth-order valence-corrected chi connectivity index (χ4v) is 1.75. The Morgan fingerprint density at radius 3 is 3.07 bits per heavy atom. The van der Waals surface area contributed by atoms with Crippen molar-refractivity contribution in [2.75, 3.05) is 6.54 Å². The summed E-state index contributed by atoms with van der Waals surface area (Å²) in [5.74, 6) is -0.419. The van der Waals surface area contributed by atoms with Crippen molar-refractivity contribution in [1.82, 2.24) is 10.3 Å². The number of aromatic nitrogens is 1. The molecule has 1 aromatic rings. The molecule has 0 spiro atoms. The molecule has 1 unspecified atom stereocenters. The molecule has 0 bridgehead atoms. The maximum absolute atomic E-state index is 10.9. The van der Waals surface area contributed by atoms with E-state index in [1.165, 1.54) is 12.6 Å². The number of hydrogen-bond acceptors (Lipinski definition) is 3. The van der Waals surface area contributed by atoms with Crippen molar-refractivity contribution >= 4 is 5.91 Å². The fourth-order valence-electron chi connectivity index (χ4n) is 1.75. The van der Waals surface area contributed by atoms with Crippen LogP contribution in [0, 0.1) is 0 Å². The topological polar surface area (TPSA) is 68.0 Å². The van der Waals surface area contributed by atoms with Crippen molar-refractivity contribution in [3.8, 4) is 0 Å². The summed E-state index contributed by atoms with van der Waals surface area (Å²) in [6.07, 6.45) is 5.56. The first-order valence-electron chi connectivity index (χ1n) is 4.75. The van der Waals surface area contributed by atoms with Gasteiger partial charge in [0, 0.05) is 18.4 Å². The van der Waals surface area contributed by atoms with Crippen molar-refractivity contribution < 1.29 is 4.79 Å². The summed E-state index contributed by atoms with van der Waals surface area (Å²) in [4.78, 5) is 14.9. The van der Waals surface area contributed by atoms with Crippen LogP contribution < -0.4 is 11.1 Å². The van der Waals surface area contributed by atoms with Gasteiger partial charge in [-0.15, -0.1) is 0 Å². The van der Waals surface area contributed by atoms with Gasteiger partial charge in [-0.1, -0.05) is 0 Å². The fraction of sp³-hybridized carbons (Fsp3) is 0.400. The van der Waals surface area contributed by atoms with Crippen molar-refractivity contribution in [1.29, 1.82) is 0 Å². The maximum Gasteiger partial charge on any atom is 0.250 e. The Morgan fingerprint density at radius 2 is 2.43 bits per heavy atom. The Balaban J connectivity index is 2.25. The third-order valence-corrected chi connectivity index (χ3v) is 2.51. The van der Waals surface area contributed by atoms with Gasteiger partial charge in [0.2, 0.25) is 5.91 Å². The summed E-state index contributed by atoms with van der Waals surface area (Å²) in [6, 6.07) is 2.15. The van der Waals surface area contributed by atoms with Crippen LogP contribution in [-0.2, 0) is 0 Å². The van der Waals surface area contributed by atoms with E-state index in [-0.39, 0.29) is 0 Å². The predicted octanol–water partition coefficient (Wildman–Crippen LogP) is 0.605. The number of pyridine rings is 1. The van der Waals surface area contributed by atoms with Crippen LogP contribution in [0.2, 0.25) is 0 Å². The molecule has 2 heterocycles. The zero-order valence-corrected chi connectivity index (χ0v) is 7.86. The second kappa shape index (κ2) is 3.75. The van der Waals surface area contributed by atoms with Gasteiger partial charge in [-0.2, -0.15) is 0 Å². The molecular formula is C10H13N3O. The number of rotatable bonds is 2. The summed E-state index contributed by atoms with van der Waals surface area (Å²) in [5.41, 5.74) is 6.72. The molecular weight excluding hydrogens is 178 g/mol. The molecule has 4 nitrogen and oxygen atoms in total. The van der Waals surface area contributed by atoms with Crippen molar-refractivity contribution in [2.24, 2.45) is 5.73 Å². The van der Waals surface area contributed by atoms with Gasteiger partial charge in [0.15, 0.2) is 0 Å². The van der Waals surface area contributed by atoms with E-state index in [9.17, 15) is 4.79 Å². The molecule has 74 valence electrons. The molecule has 0 aromatic carbocycles. The molecule has 1 saturated heterocycles. The minimum absolute atomic E-state index is 0.335. The van der Waals surface area contributed by atoms with Crippen LogP contribution in [0.25, 0.3) is 0 Å². The monoisotopic (exact) mass is 191 g/mol. The van der Waals surface area contributed by atoms with E-state index in [1.54, 1.807) is 6.20 Å². The van der Waals surface area contributed by atoms with E-state index >= 15 is 0 Å².